The number of hydrogen-bond donors (Lipinski definition) is 4. The summed E-state index contributed by atoms with van der Waals surface area (Å²) in [6, 6.07) is 10.7. The van der Waals surface area contributed by atoms with Crippen LogP contribution < -0.4 is 11.1 Å². The molecule has 0 saturated heterocycles. The zero-order chi connectivity index (χ0) is 35.6. The molecule has 0 unspecified atom stereocenters. The van der Waals surface area contributed by atoms with E-state index in [0.717, 1.165) is 18.4 Å². The van der Waals surface area contributed by atoms with Crippen LogP contribution in [0.4, 0.5) is 26.3 Å². The zero-order valence-corrected chi connectivity index (χ0v) is 25.3. The van der Waals surface area contributed by atoms with Crippen LogP contribution in [0.25, 0.3) is 11.5 Å². The van der Waals surface area contributed by atoms with Crippen LogP contribution in [-0.4, -0.2) is 70.1 Å². The van der Waals surface area contributed by atoms with Gasteiger partial charge in [0.1, 0.15) is 5.76 Å². The van der Waals surface area contributed by atoms with Gasteiger partial charge in [-0.15, -0.1) is 0 Å². The highest BCUT2D eigenvalue weighted by Crippen LogP contribution is 2.28. The first-order valence-electron chi connectivity index (χ1n) is 13.5. The summed E-state index contributed by atoms with van der Waals surface area (Å²) in [4.78, 5) is 38.7. The second-order valence-electron chi connectivity index (χ2n) is 10.1. The summed E-state index contributed by atoms with van der Waals surface area (Å²) in [6.07, 6.45) is -4.13. The number of rotatable bonds is 7. The van der Waals surface area contributed by atoms with Crippen molar-refractivity contribution in [1.29, 1.82) is 0 Å². The summed E-state index contributed by atoms with van der Waals surface area (Å²) in [5.74, 6) is -5.03. The lowest BCUT2D eigenvalue weighted by Crippen LogP contribution is -2.33. The minimum absolute atomic E-state index is 0.0947. The molecule has 1 fully saturated rings. The molecule has 0 spiro atoms. The van der Waals surface area contributed by atoms with Crippen molar-refractivity contribution in [2.75, 3.05) is 0 Å². The molecule has 47 heavy (non-hydrogen) atoms. The molecule has 0 bridgehead atoms. The lowest BCUT2D eigenvalue weighted by Gasteiger charge is -2.25. The summed E-state index contributed by atoms with van der Waals surface area (Å²) in [5, 5.41) is 16.7. The van der Waals surface area contributed by atoms with Crippen molar-refractivity contribution in [3.05, 3.63) is 71.4 Å². The highest BCUT2D eigenvalue weighted by Gasteiger charge is 2.39. The number of nitrogens with two attached hydrogens (primary N) is 1. The van der Waals surface area contributed by atoms with Gasteiger partial charge in [0.15, 0.2) is 9.84 Å². The van der Waals surface area contributed by atoms with Gasteiger partial charge in [-0.2, -0.15) is 26.3 Å². The number of carboxylic acids is 2. The average Bonchev–Trinajstić information content (AvgIpc) is 3.35. The van der Waals surface area contributed by atoms with Gasteiger partial charge in [0.25, 0.3) is 5.91 Å². The van der Waals surface area contributed by atoms with E-state index in [0.29, 0.717) is 47.9 Å². The molecule has 0 radical (unpaired) electrons. The Balaban J connectivity index is 0.000000459. The number of nitrogens with one attached hydrogen (secondary N) is 1. The van der Waals surface area contributed by atoms with Gasteiger partial charge in [-0.3, -0.25) is 9.78 Å². The SMILES string of the molecule is Cc1oc(-c2ccc(C(=O)NCc3cccnc3)cc2)nc1CS(=O)(=O)C1CCC(N)CC1.O=C(O)C(F)(F)F.O=C(O)C(F)(F)F. The summed E-state index contributed by atoms with van der Waals surface area (Å²) in [5.41, 5.74) is 8.43. The van der Waals surface area contributed by atoms with E-state index in [4.69, 9.17) is 30.0 Å². The Morgan fingerprint density at radius 1 is 0.957 bits per heavy atom. The number of carboxylic acid groups (broad SMARTS) is 2. The maximum Gasteiger partial charge on any atom is 0.490 e. The Labute approximate surface area is 263 Å². The number of nitrogens with zero attached hydrogens (tertiary/aromatic N) is 2. The zero-order valence-electron chi connectivity index (χ0n) is 24.5. The van der Waals surface area contributed by atoms with Crippen LogP contribution in [0.15, 0.2) is 53.2 Å². The fraction of sp³-hybridized carbons (Fsp3) is 0.393. The molecule has 258 valence electrons. The number of oxazole rings is 1. The number of carbonyl (C=O) groups excluding carboxylic acids is 1. The summed E-state index contributed by atoms with van der Waals surface area (Å²) < 4.78 is 95.0. The highest BCUT2D eigenvalue weighted by molar-refractivity contribution is 7.91. The molecule has 1 aliphatic carbocycles. The van der Waals surface area contributed by atoms with E-state index in [1.807, 2.05) is 12.1 Å². The number of aliphatic carboxylic acids is 2. The van der Waals surface area contributed by atoms with Crippen molar-refractivity contribution in [2.24, 2.45) is 5.73 Å². The second-order valence-corrected chi connectivity index (χ2v) is 12.4. The second kappa shape index (κ2) is 16.3. The van der Waals surface area contributed by atoms with Crippen LogP contribution in [0.5, 0.6) is 0 Å². The van der Waals surface area contributed by atoms with Crippen LogP contribution >= 0.6 is 0 Å². The molecule has 0 atom stereocenters. The summed E-state index contributed by atoms with van der Waals surface area (Å²) in [7, 11) is -3.33. The first kappa shape index (κ1) is 38.7. The molecule has 0 aliphatic heterocycles. The molecular formula is C28H30F6N4O8S. The van der Waals surface area contributed by atoms with E-state index in [-0.39, 0.29) is 23.0 Å². The van der Waals surface area contributed by atoms with Crippen LogP contribution in [-0.2, 0) is 31.7 Å². The monoisotopic (exact) mass is 696 g/mol. The molecule has 3 aromatic rings. The molecule has 2 aromatic heterocycles. The average molecular weight is 697 g/mol. The van der Waals surface area contributed by atoms with Crippen LogP contribution in [0.1, 0.15) is 53.1 Å². The number of aromatic nitrogens is 2. The van der Waals surface area contributed by atoms with Gasteiger partial charge in [-0.05, 0) is 68.5 Å². The van der Waals surface area contributed by atoms with E-state index in [9.17, 15) is 39.6 Å². The lowest BCUT2D eigenvalue weighted by molar-refractivity contribution is -0.193. The first-order chi connectivity index (χ1) is 21.7. The van der Waals surface area contributed by atoms with Crippen LogP contribution in [0, 0.1) is 6.92 Å². The molecule has 1 saturated carbocycles. The molecule has 1 aliphatic rings. The third kappa shape index (κ3) is 12.7. The topological polar surface area (TPSA) is 203 Å². The Morgan fingerprint density at radius 3 is 1.96 bits per heavy atom. The maximum atomic E-state index is 12.9. The van der Waals surface area contributed by atoms with E-state index in [1.54, 1.807) is 43.6 Å². The first-order valence-corrected chi connectivity index (χ1v) is 15.2. The number of aryl methyl sites for hydroxylation is 1. The van der Waals surface area contributed by atoms with E-state index in [2.05, 4.69) is 15.3 Å². The fourth-order valence-electron chi connectivity index (χ4n) is 3.99. The van der Waals surface area contributed by atoms with E-state index < -0.39 is 34.1 Å². The van der Waals surface area contributed by atoms with Crippen molar-refractivity contribution in [2.45, 2.75) is 68.5 Å². The molecule has 12 nitrogen and oxygen atoms in total. The third-order valence-corrected chi connectivity index (χ3v) is 8.68. The van der Waals surface area contributed by atoms with Crippen molar-refractivity contribution in [3.8, 4) is 11.5 Å². The standard InChI is InChI=1S/C24H28N4O4S.2C2HF3O2/c1-16-22(15-33(30,31)21-10-8-20(25)9-11-21)28-24(32-16)19-6-4-18(5-7-19)23(29)27-14-17-3-2-12-26-13-17;2*3-2(4,5)1(6)7/h2-7,12-13,20-21H,8-11,14-15,25H2,1H3,(H,27,29);2*(H,6,7). The highest BCUT2D eigenvalue weighted by atomic mass is 32.2. The molecule has 1 aromatic carbocycles. The maximum absolute atomic E-state index is 12.9. The summed E-state index contributed by atoms with van der Waals surface area (Å²) in [6.45, 7) is 2.11. The lowest BCUT2D eigenvalue weighted by atomic mass is 9.96. The van der Waals surface area contributed by atoms with Gasteiger partial charge >= 0.3 is 24.3 Å². The number of sulfone groups is 1. The largest absolute Gasteiger partial charge is 0.490 e. The molecule has 4 rings (SSSR count). The smallest absolute Gasteiger partial charge is 0.475 e. The van der Waals surface area contributed by atoms with Gasteiger partial charge in [0, 0.05) is 36.1 Å². The van der Waals surface area contributed by atoms with Gasteiger partial charge in [0.2, 0.25) is 5.89 Å². The third-order valence-electron chi connectivity index (χ3n) is 6.51. The Morgan fingerprint density at radius 2 is 1.49 bits per heavy atom. The van der Waals surface area contributed by atoms with Crippen molar-refractivity contribution in [1.82, 2.24) is 15.3 Å². The number of alkyl halides is 6. The molecule has 1 amide bonds. The van der Waals surface area contributed by atoms with Crippen molar-refractivity contribution >= 4 is 27.7 Å². The minimum atomic E-state index is -5.08. The summed E-state index contributed by atoms with van der Waals surface area (Å²) >= 11 is 0. The fourth-order valence-corrected chi connectivity index (χ4v) is 5.87. The van der Waals surface area contributed by atoms with Gasteiger partial charge in [-0.25, -0.2) is 23.0 Å². The van der Waals surface area contributed by atoms with E-state index in [1.165, 1.54) is 0 Å². The number of amides is 1. The molecular weight excluding hydrogens is 666 g/mol. The number of carbonyl (C=O) groups is 3. The van der Waals surface area contributed by atoms with Gasteiger partial charge < -0.3 is 25.7 Å². The predicted molar refractivity (Wildman–Crippen MR) is 152 cm³/mol. The number of hydrogen-bond acceptors (Lipinski definition) is 9. The van der Waals surface area contributed by atoms with E-state index >= 15 is 0 Å². The molecule has 2 heterocycles. The number of benzene rings is 1. The van der Waals surface area contributed by atoms with Crippen molar-refractivity contribution in [3.63, 3.8) is 0 Å². The van der Waals surface area contributed by atoms with Gasteiger partial charge in [-0.1, -0.05) is 6.07 Å². The normalized spacial score (nSPS) is 16.5. The van der Waals surface area contributed by atoms with Crippen LogP contribution in [0.2, 0.25) is 0 Å². The Hall–Kier alpha value is -4.52. The van der Waals surface area contributed by atoms with Gasteiger partial charge in [0.05, 0.1) is 16.7 Å². The van der Waals surface area contributed by atoms with Crippen LogP contribution in [0.3, 0.4) is 0 Å². The number of halogens is 6. The Bertz CT molecular complexity index is 1580. The quantitative estimate of drug-likeness (QED) is 0.255. The van der Waals surface area contributed by atoms with Crippen molar-refractivity contribution < 1.29 is 63.8 Å². The molecule has 5 N–H and O–H groups in total. The predicted octanol–water partition coefficient (Wildman–Crippen LogP) is 4.43. The minimum Gasteiger partial charge on any atom is -0.475 e. The Kier molecular flexibility index (Phi) is 13.4. The number of pyridine rings is 1. The molecule has 19 heteroatoms.